The van der Waals surface area contributed by atoms with Crippen molar-refractivity contribution < 1.29 is 9.13 Å². The number of benzene rings is 2. The summed E-state index contributed by atoms with van der Waals surface area (Å²) in [6.45, 7) is 1.88. The van der Waals surface area contributed by atoms with Gasteiger partial charge >= 0.3 is 0 Å². The van der Waals surface area contributed by atoms with E-state index in [0.29, 0.717) is 25.7 Å². The minimum atomic E-state index is -0.205. The molecule has 4 nitrogen and oxygen atoms in total. The van der Waals surface area contributed by atoms with Crippen LogP contribution in [-0.4, -0.2) is 32.7 Å². The summed E-state index contributed by atoms with van der Waals surface area (Å²) in [5.74, 6) is 1.35. The number of rotatable bonds is 7. The second kappa shape index (κ2) is 11.7. The van der Waals surface area contributed by atoms with E-state index in [9.17, 15) is 4.39 Å². The Balaban J connectivity index is 0.00000288. The molecule has 0 aliphatic carbocycles. The van der Waals surface area contributed by atoms with Gasteiger partial charge in [0.2, 0.25) is 0 Å². The second-order valence-electron chi connectivity index (χ2n) is 4.97. The molecule has 0 aromatic heterocycles. The van der Waals surface area contributed by atoms with E-state index in [0.717, 1.165) is 17.7 Å². The minimum absolute atomic E-state index is 0. The number of hydrogen-bond donors (Lipinski definition) is 2. The quantitative estimate of drug-likeness (QED) is 0.299. The number of para-hydroxylation sites is 1. The van der Waals surface area contributed by atoms with Crippen LogP contribution in [0.4, 0.5) is 4.39 Å². The molecule has 0 atom stereocenters. The van der Waals surface area contributed by atoms with Crippen LogP contribution in [0.2, 0.25) is 0 Å². The predicted octanol–water partition coefficient (Wildman–Crippen LogP) is 3.23. The van der Waals surface area contributed by atoms with E-state index >= 15 is 0 Å². The van der Waals surface area contributed by atoms with E-state index in [1.165, 1.54) is 6.07 Å². The van der Waals surface area contributed by atoms with E-state index in [2.05, 4.69) is 15.6 Å². The summed E-state index contributed by atoms with van der Waals surface area (Å²) in [5, 5.41) is 6.37. The molecule has 0 saturated heterocycles. The van der Waals surface area contributed by atoms with Crippen molar-refractivity contribution in [3.63, 3.8) is 0 Å². The molecule has 130 valence electrons. The zero-order valence-corrected chi connectivity index (χ0v) is 16.0. The lowest BCUT2D eigenvalue weighted by Crippen LogP contribution is -2.40. The van der Waals surface area contributed by atoms with E-state index in [1.807, 2.05) is 36.4 Å². The summed E-state index contributed by atoms with van der Waals surface area (Å²) in [7, 11) is 1.72. The van der Waals surface area contributed by atoms with Crippen LogP contribution in [0, 0.1) is 5.82 Å². The summed E-state index contributed by atoms with van der Waals surface area (Å²) in [6.07, 6.45) is 0.735. The van der Waals surface area contributed by atoms with Crippen molar-refractivity contribution in [2.24, 2.45) is 4.99 Å². The summed E-state index contributed by atoms with van der Waals surface area (Å²) < 4.78 is 18.7. The van der Waals surface area contributed by atoms with Gasteiger partial charge in [-0.25, -0.2) is 4.39 Å². The average Bonchev–Trinajstić information content (AvgIpc) is 2.58. The largest absolute Gasteiger partial charge is 0.492 e. The molecule has 0 aliphatic heterocycles. The molecule has 0 fully saturated rings. The third kappa shape index (κ3) is 7.63. The monoisotopic (exact) mass is 443 g/mol. The third-order valence-electron chi connectivity index (χ3n) is 3.23. The Morgan fingerprint density at radius 3 is 2.50 bits per heavy atom. The lowest BCUT2D eigenvalue weighted by molar-refractivity contribution is 0.322. The molecular weight excluding hydrogens is 420 g/mol. The first-order chi connectivity index (χ1) is 11.3. The van der Waals surface area contributed by atoms with Gasteiger partial charge in [0.05, 0.1) is 6.54 Å². The van der Waals surface area contributed by atoms with Crippen molar-refractivity contribution in [1.82, 2.24) is 10.6 Å². The number of aliphatic imine (C=N–C) groups is 1. The topological polar surface area (TPSA) is 45.7 Å². The molecule has 2 N–H and O–H groups in total. The normalized spacial score (nSPS) is 10.7. The fourth-order valence-electron chi connectivity index (χ4n) is 2.09. The number of nitrogens with zero attached hydrogens (tertiary/aromatic N) is 1. The molecule has 0 unspecified atom stereocenters. The minimum Gasteiger partial charge on any atom is -0.492 e. The third-order valence-corrected chi connectivity index (χ3v) is 3.23. The van der Waals surface area contributed by atoms with Gasteiger partial charge in [0.1, 0.15) is 18.2 Å². The summed E-state index contributed by atoms with van der Waals surface area (Å²) in [6, 6.07) is 16.3. The van der Waals surface area contributed by atoms with Gasteiger partial charge in [-0.1, -0.05) is 30.3 Å². The molecule has 0 amide bonds. The molecule has 0 heterocycles. The maximum absolute atomic E-state index is 13.1. The maximum Gasteiger partial charge on any atom is 0.191 e. The van der Waals surface area contributed by atoms with Gasteiger partial charge in [0, 0.05) is 13.6 Å². The van der Waals surface area contributed by atoms with Gasteiger partial charge in [-0.05, 0) is 36.2 Å². The van der Waals surface area contributed by atoms with Crippen LogP contribution < -0.4 is 15.4 Å². The number of guanidine groups is 1. The molecule has 0 radical (unpaired) electrons. The Kier molecular flexibility index (Phi) is 9.83. The van der Waals surface area contributed by atoms with Crippen molar-refractivity contribution in [2.45, 2.75) is 6.42 Å². The summed E-state index contributed by atoms with van der Waals surface area (Å²) >= 11 is 0. The smallest absolute Gasteiger partial charge is 0.191 e. The van der Waals surface area contributed by atoms with Crippen LogP contribution in [0.5, 0.6) is 5.75 Å². The molecule has 0 saturated carbocycles. The molecule has 6 heteroatoms. The number of hydrogen-bond acceptors (Lipinski definition) is 2. The zero-order chi connectivity index (χ0) is 16.3. The average molecular weight is 443 g/mol. The van der Waals surface area contributed by atoms with Crippen LogP contribution in [-0.2, 0) is 6.42 Å². The Hall–Kier alpha value is -1.83. The molecule has 2 rings (SSSR count). The van der Waals surface area contributed by atoms with Crippen LogP contribution in [0.25, 0.3) is 0 Å². The standard InChI is InChI=1S/C18H22FN3O.HI/c1-20-18(21-11-10-15-6-5-7-16(19)14-15)22-12-13-23-17-8-3-2-4-9-17;/h2-9,14H,10-13H2,1H3,(H2,20,21,22);1H. The van der Waals surface area contributed by atoms with Crippen LogP contribution in [0.1, 0.15) is 5.56 Å². The van der Waals surface area contributed by atoms with Gasteiger partial charge < -0.3 is 15.4 Å². The molecule has 0 bridgehead atoms. The Labute approximate surface area is 159 Å². The molecule has 2 aromatic carbocycles. The SMILES string of the molecule is CN=C(NCCOc1ccccc1)NCCc1cccc(F)c1.I. The highest BCUT2D eigenvalue weighted by atomic mass is 127. The number of nitrogens with one attached hydrogen (secondary N) is 2. The zero-order valence-electron chi connectivity index (χ0n) is 13.7. The van der Waals surface area contributed by atoms with Crippen molar-refractivity contribution >= 4 is 29.9 Å². The number of halogens is 2. The first-order valence-electron chi connectivity index (χ1n) is 7.65. The highest BCUT2D eigenvalue weighted by molar-refractivity contribution is 14.0. The van der Waals surface area contributed by atoms with E-state index < -0.39 is 0 Å². The second-order valence-corrected chi connectivity index (χ2v) is 4.97. The van der Waals surface area contributed by atoms with Gasteiger partial charge in [-0.3, -0.25) is 4.99 Å². The molecule has 0 aliphatic rings. The van der Waals surface area contributed by atoms with Gasteiger partial charge in [-0.2, -0.15) is 0 Å². The van der Waals surface area contributed by atoms with E-state index in [4.69, 9.17) is 4.74 Å². The van der Waals surface area contributed by atoms with Gasteiger partial charge in [0.15, 0.2) is 5.96 Å². The first kappa shape index (κ1) is 20.2. The van der Waals surface area contributed by atoms with Crippen molar-refractivity contribution in [1.29, 1.82) is 0 Å². The Morgan fingerprint density at radius 1 is 1.04 bits per heavy atom. The van der Waals surface area contributed by atoms with Crippen molar-refractivity contribution in [3.8, 4) is 5.75 Å². The van der Waals surface area contributed by atoms with Crippen molar-refractivity contribution in [2.75, 3.05) is 26.7 Å². The lowest BCUT2D eigenvalue weighted by atomic mass is 10.1. The predicted molar refractivity (Wildman–Crippen MR) is 107 cm³/mol. The first-order valence-corrected chi connectivity index (χ1v) is 7.65. The van der Waals surface area contributed by atoms with Crippen LogP contribution >= 0.6 is 24.0 Å². The highest BCUT2D eigenvalue weighted by Gasteiger charge is 1.99. The highest BCUT2D eigenvalue weighted by Crippen LogP contribution is 2.07. The van der Waals surface area contributed by atoms with Crippen molar-refractivity contribution in [3.05, 3.63) is 66.0 Å². The molecule has 2 aromatic rings. The molecule has 0 spiro atoms. The maximum atomic E-state index is 13.1. The van der Waals surface area contributed by atoms with Gasteiger partial charge in [-0.15, -0.1) is 24.0 Å². The summed E-state index contributed by atoms with van der Waals surface area (Å²) in [5.41, 5.74) is 0.959. The van der Waals surface area contributed by atoms with Crippen LogP contribution in [0.15, 0.2) is 59.6 Å². The van der Waals surface area contributed by atoms with Gasteiger partial charge in [0.25, 0.3) is 0 Å². The van der Waals surface area contributed by atoms with Crippen LogP contribution in [0.3, 0.4) is 0 Å². The Bertz CT molecular complexity index is 623. The van der Waals surface area contributed by atoms with E-state index in [-0.39, 0.29) is 29.8 Å². The fourth-order valence-corrected chi connectivity index (χ4v) is 2.09. The molecule has 24 heavy (non-hydrogen) atoms. The molecular formula is C18H23FIN3O. The lowest BCUT2D eigenvalue weighted by Gasteiger charge is -2.12. The summed E-state index contributed by atoms with van der Waals surface area (Å²) in [4.78, 5) is 4.15. The Morgan fingerprint density at radius 2 is 1.79 bits per heavy atom. The number of ether oxygens (including phenoxy) is 1. The van der Waals surface area contributed by atoms with E-state index in [1.54, 1.807) is 19.2 Å². The fraction of sp³-hybridized carbons (Fsp3) is 0.278.